The number of nitrogens with one attached hydrogen (secondary N) is 2. The molecule has 2 N–H and O–H groups in total. The van der Waals surface area contributed by atoms with E-state index in [1.807, 2.05) is 37.3 Å². The molecule has 3 aromatic rings. The summed E-state index contributed by atoms with van der Waals surface area (Å²) in [5.41, 5.74) is 1.42. The molecule has 0 radical (unpaired) electrons. The van der Waals surface area contributed by atoms with Gasteiger partial charge < -0.3 is 15.4 Å². The number of hydrogen-bond donors (Lipinski definition) is 2. The number of aromatic nitrogens is 3. The highest BCUT2D eigenvalue weighted by Gasteiger charge is 2.06. The van der Waals surface area contributed by atoms with Crippen molar-refractivity contribution >= 4 is 17.5 Å². The standard InChI is InChI=1S/C19H20FN5O/c1-2-26-17-10-6-5-9-16(17)23-19-24-18(13-22-25-19)21-12-11-14-7-3-4-8-15(14)20/h3-10,13H,2,11-12H2,1H3,(H2,21,23,24,25). The summed E-state index contributed by atoms with van der Waals surface area (Å²) in [4.78, 5) is 4.38. The van der Waals surface area contributed by atoms with Crippen LogP contribution in [0, 0.1) is 5.82 Å². The second-order valence-electron chi connectivity index (χ2n) is 5.49. The molecule has 0 fully saturated rings. The van der Waals surface area contributed by atoms with Gasteiger partial charge in [0.1, 0.15) is 11.6 Å². The molecule has 0 amide bonds. The largest absolute Gasteiger partial charge is 0.492 e. The maximum Gasteiger partial charge on any atom is 0.249 e. The van der Waals surface area contributed by atoms with Crippen LogP contribution in [0.2, 0.25) is 0 Å². The molecule has 3 rings (SSSR count). The Bertz CT molecular complexity index is 859. The number of ether oxygens (including phenoxy) is 1. The normalized spacial score (nSPS) is 10.4. The number of nitrogens with zero attached hydrogens (tertiary/aromatic N) is 3. The van der Waals surface area contributed by atoms with E-state index in [-0.39, 0.29) is 5.82 Å². The van der Waals surface area contributed by atoms with Gasteiger partial charge in [-0.25, -0.2) is 4.39 Å². The molecule has 0 unspecified atom stereocenters. The predicted molar refractivity (Wildman–Crippen MR) is 99.3 cm³/mol. The molecule has 0 atom stereocenters. The first-order valence-electron chi connectivity index (χ1n) is 8.42. The Hall–Kier alpha value is -3.22. The zero-order valence-electron chi connectivity index (χ0n) is 14.4. The van der Waals surface area contributed by atoms with Crippen molar-refractivity contribution in [3.63, 3.8) is 0 Å². The van der Waals surface area contributed by atoms with Crippen molar-refractivity contribution in [1.82, 2.24) is 15.2 Å². The van der Waals surface area contributed by atoms with Gasteiger partial charge in [0.2, 0.25) is 5.95 Å². The fourth-order valence-corrected chi connectivity index (χ4v) is 2.44. The van der Waals surface area contributed by atoms with Gasteiger partial charge in [-0.05, 0) is 37.1 Å². The monoisotopic (exact) mass is 353 g/mol. The molecule has 0 saturated heterocycles. The van der Waals surface area contributed by atoms with Crippen LogP contribution in [0.5, 0.6) is 5.75 Å². The van der Waals surface area contributed by atoms with Crippen molar-refractivity contribution in [3.8, 4) is 5.75 Å². The van der Waals surface area contributed by atoms with Gasteiger partial charge in [0.05, 0.1) is 18.5 Å². The van der Waals surface area contributed by atoms with Crippen LogP contribution in [-0.4, -0.2) is 28.3 Å². The van der Waals surface area contributed by atoms with E-state index in [1.54, 1.807) is 12.1 Å². The van der Waals surface area contributed by atoms with Crippen molar-refractivity contribution in [2.24, 2.45) is 0 Å². The molecule has 26 heavy (non-hydrogen) atoms. The molecule has 0 aliphatic carbocycles. The Morgan fingerprint density at radius 2 is 1.88 bits per heavy atom. The summed E-state index contributed by atoms with van der Waals surface area (Å²) < 4.78 is 19.2. The minimum atomic E-state index is -0.204. The minimum Gasteiger partial charge on any atom is -0.492 e. The Kier molecular flexibility index (Phi) is 5.92. The zero-order chi connectivity index (χ0) is 18.2. The third kappa shape index (κ3) is 4.66. The van der Waals surface area contributed by atoms with Crippen LogP contribution in [-0.2, 0) is 6.42 Å². The Morgan fingerprint density at radius 3 is 2.73 bits per heavy atom. The van der Waals surface area contributed by atoms with Gasteiger partial charge in [0.25, 0.3) is 0 Å². The highest BCUT2D eigenvalue weighted by molar-refractivity contribution is 5.62. The lowest BCUT2D eigenvalue weighted by Crippen LogP contribution is -2.09. The van der Waals surface area contributed by atoms with E-state index >= 15 is 0 Å². The lowest BCUT2D eigenvalue weighted by Gasteiger charge is -2.11. The first kappa shape index (κ1) is 17.6. The van der Waals surface area contributed by atoms with Crippen LogP contribution >= 0.6 is 0 Å². The maximum atomic E-state index is 13.6. The van der Waals surface area contributed by atoms with E-state index in [4.69, 9.17) is 4.74 Å². The second-order valence-corrected chi connectivity index (χ2v) is 5.49. The van der Waals surface area contributed by atoms with E-state index < -0.39 is 0 Å². The van der Waals surface area contributed by atoms with Gasteiger partial charge in [-0.3, -0.25) is 0 Å². The lowest BCUT2D eigenvalue weighted by molar-refractivity contribution is 0.342. The molecule has 0 spiro atoms. The summed E-state index contributed by atoms with van der Waals surface area (Å²) >= 11 is 0. The summed E-state index contributed by atoms with van der Waals surface area (Å²) in [7, 11) is 0. The van der Waals surface area contributed by atoms with Gasteiger partial charge in [-0.1, -0.05) is 30.3 Å². The van der Waals surface area contributed by atoms with Gasteiger partial charge >= 0.3 is 0 Å². The molecule has 1 aromatic heterocycles. The topological polar surface area (TPSA) is 72.0 Å². The van der Waals surface area contributed by atoms with Crippen molar-refractivity contribution in [2.75, 3.05) is 23.8 Å². The summed E-state index contributed by atoms with van der Waals surface area (Å²) in [6, 6.07) is 14.3. The fourth-order valence-electron chi connectivity index (χ4n) is 2.44. The average Bonchev–Trinajstić information content (AvgIpc) is 2.66. The molecule has 0 bridgehead atoms. The third-order valence-corrected chi connectivity index (χ3v) is 3.65. The molecular formula is C19H20FN5O. The molecule has 6 nitrogen and oxygen atoms in total. The second kappa shape index (κ2) is 8.75. The first-order valence-corrected chi connectivity index (χ1v) is 8.42. The van der Waals surface area contributed by atoms with Crippen LogP contribution < -0.4 is 15.4 Å². The number of rotatable bonds is 8. The molecular weight excluding hydrogens is 333 g/mol. The molecule has 7 heteroatoms. The highest BCUT2D eigenvalue weighted by atomic mass is 19.1. The SMILES string of the molecule is CCOc1ccccc1Nc1nncc(NCCc2ccccc2F)n1. The summed E-state index contributed by atoms with van der Waals surface area (Å²) in [5.74, 6) is 1.43. The molecule has 1 heterocycles. The van der Waals surface area contributed by atoms with Crippen molar-refractivity contribution in [2.45, 2.75) is 13.3 Å². The maximum absolute atomic E-state index is 13.6. The minimum absolute atomic E-state index is 0.204. The van der Waals surface area contributed by atoms with Gasteiger partial charge in [-0.2, -0.15) is 10.1 Å². The smallest absolute Gasteiger partial charge is 0.249 e. The summed E-state index contributed by atoms with van der Waals surface area (Å²) in [6.07, 6.45) is 2.08. The quantitative estimate of drug-likeness (QED) is 0.642. The van der Waals surface area contributed by atoms with Gasteiger partial charge in [0.15, 0.2) is 5.82 Å². The zero-order valence-corrected chi connectivity index (χ0v) is 14.4. The number of benzene rings is 2. The summed E-state index contributed by atoms with van der Waals surface area (Å²) in [5, 5.41) is 14.2. The third-order valence-electron chi connectivity index (χ3n) is 3.65. The van der Waals surface area contributed by atoms with E-state index in [1.165, 1.54) is 12.3 Å². The highest BCUT2D eigenvalue weighted by Crippen LogP contribution is 2.26. The average molecular weight is 353 g/mol. The van der Waals surface area contributed by atoms with Crippen molar-refractivity contribution < 1.29 is 9.13 Å². The fraction of sp³-hybridized carbons (Fsp3) is 0.211. The Morgan fingerprint density at radius 1 is 1.08 bits per heavy atom. The van der Waals surface area contributed by atoms with Crippen LogP contribution in [0.1, 0.15) is 12.5 Å². The summed E-state index contributed by atoms with van der Waals surface area (Å²) in [6.45, 7) is 3.03. The van der Waals surface area contributed by atoms with Gasteiger partial charge in [0, 0.05) is 6.54 Å². The number of hydrogen-bond acceptors (Lipinski definition) is 6. The van der Waals surface area contributed by atoms with E-state index in [9.17, 15) is 4.39 Å². The van der Waals surface area contributed by atoms with Crippen LogP contribution in [0.25, 0.3) is 0 Å². The predicted octanol–water partition coefficient (Wildman–Crippen LogP) is 3.81. The van der Waals surface area contributed by atoms with Crippen LogP contribution in [0.15, 0.2) is 54.7 Å². The van der Waals surface area contributed by atoms with Crippen LogP contribution in [0.4, 0.5) is 21.8 Å². The molecule has 2 aromatic carbocycles. The van der Waals surface area contributed by atoms with Gasteiger partial charge in [-0.15, -0.1) is 5.10 Å². The first-order chi connectivity index (χ1) is 12.8. The van der Waals surface area contributed by atoms with E-state index in [2.05, 4.69) is 25.8 Å². The molecule has 0 aliphatic rings. The van der Waals surface area contributed by atoms with Crippen molar-refractivity contribution in [1.29, 1.82) is 0 Å². The Balaban J connectivity index is 1.62. The van der Waals surface area contributed by atoms with E-state index in [0.717, 1.165) is 11.4 Å². The van der Waals surface area contributed by atoms with E-state index in [0.29, 0.717) is 36.9 Å². The van der Waals surface area contributed by atoms with Crippen LogP contribution in [0.3, 0.4) is 0 Å². The Labute approximate surface area is 151 Å². The lowest BCUT2D eigenvalue weighted by atomic mass is 10.1. The number of halogens is 1. The molecule has 0 aliphatic heterocycles. The number of anilines is 3. The molecule has 134 valence electrons. The number of para-hydroxylation sites is 2. The van der Waals surface area contributed by atoms with Crippen molar-refractivity contribution in [3.05, 3.63) is 66.1 Å². The molecule has 0 saturated carbocycles.